The third kappa shape index (κ3) is 3.73. The monoisotopic (exact) mass is 388 g/mol. The number of aromatic nitrogens is 3. The van der Waals surface area contributed by atoms with Gasteiger partial charge in [-0.05, 0) is 54.6 Å². The topological polar surface area (TPSA) is 59.8 Å². The summed E-state index contributed by atoms with van der Waals surface area (Å²) in [5.41, 5.74) is 5.41. The molecule has 0 bridgehead atoms. The van der Waals surface area contributed by atoms with Crippen LogP contribution >= 0.6 is 11.3 Å². The van der Waals surface area contributed by atoms with Gasteiger partial charge in [-0.25, -0.2) is 4.68 Å². The molecule has 5 nitrogen and oxygen atoms in total. The first-order chi connectivity index (χ1) is 13.6. The molecule has 0 fully saturated rings. The Kier molecular flexibility index (Phi) is 5.04. The summed E-state index contributed by atoms with van der Waals surface area (Å²) >= 11 is 1.61. The maximum Gasteiger partial charge on any atom is 0.270 e. The Labute approximate surface area is 167 Å². The number of benzene rings is 1. The molecule has 140 valence electrons. The van der Waals surface area contributed by atoms with Gasteiger partial charge in [-0.2, -0.15) is 5.10 Å². The van der Waals surface area contributed by atoms with Gasteiger partial charge in [0.15, 0.2) is 0 Å². The van der Waals surface area contributed by atoms with Crippen LogP contribution in [0.2, 0.25) is 0 Å². The van der Waals surface area contributed by atoms with Crippen LogP contribution in [0.25, 0.3) is 16.3 Å². The molecule has 6 heteroatoms. The van der Waals surface area contributed by atoms with Gasteiger partial charge in [-0.1, -0.05) is 29.8 Å². The van der Waals surface area contributed by atoms with E-state index < -0.39 is 0 Å². The van der Waals surface area contributed by atoms with Crippen LogP contribution < -0.4 is 5.32 Å². The Bertz CT molecular complexity index is 1100. The van der Waals surface area contributed by atoms with Crippen molar-refractivity contribution in [3.63, 3.8) is 0 Å². The van der Waals surface area contributed by atoms with Crippen molar-refractivity contribution in [2.24, 2.45) is 0 Å². The summed E-state index contributed by atoms with van der Waals surface area (Å²) in [6, 6.07) is 15.8. The summed E-state index contributed by atoms with van der Waals surface area (Å²) in [4.78, 5) is 18.1. The molecular formula is C22H20N4OS. The maximum atomic E-state index is 13.0. The summed E-state index contributed by atoms with van der Waals surface area (Å²) in [5.74, 6) is -0.167. The molecule has 4 aromatic rings. The minimum Gasteiger partial charge on any atom is -0.347 e. The molecule has 0 saturated carbocycles. The minimum absolute atomic E-state index is 0.167. The smallest absolute Gasteiger partial charge is 0.270 e. The Balaban J connectivity index is 1.71. The van der Waals surface area contributed by atoms with Crippen molar-refractivity contribution in [3.8, 4) is 16.3 Å². The summed E-state index contributed by atoms with van der Waals surface area (Å²) in [6.07, 6.45) is 3.46. The lowest BCUT2D eigenvalue weighted by Crippen LogP contribution is -2.25. The van der Waals surface area contributed by atoms with Crippen LogP contribution in [0.3, 0.4) is 0 Å². The molecule has 3 aromatic heterocycles. The third-order valence-electron chi connectivity index (χ3n) is 4.47. The van der Waals surface area contributed by atoms with E-state index in [2.05, 4.69) is 23.3 Å². The number of hydrogen-bond acceptors (Lipinski definition) is 4. The van der Waals surface area contributed by atoms with E-state index in [1.807, 2.05) is 54.8 Å². The fraction of sp³-hybridized carbons (Fsp3) is 0.136. The first-order valence-electron chi connectivity index (χ1n) is 9.00. The normalized spacial score (nSPS) is 10.8. The largest absolute Gasteiger partial charge is 0.347 e. The molecule has 1 N–H and O–H groups in total. The molecule has 0 aliphatic rings. The van der Waals surface area contributed by atoms with Crippen LogP contribution in [-0.2, 0) is 6.54 Å². The molecule has 0 radical (unpaired) electrons. The van der Waals surface area contributed by atoms with Gasteiger partial charge in [-0.15, -0.1) is 11.3 Å². The molecule has 0 spiro atoms. The molecule has 0 aliphatic heterocycles. The van der Waals surface area contributed by atoms with Crippen LogP contribution in [0, 0.1) is 13.8 Å². The molecule has 1 amide bonds. The van der Waals surface area contributed by atoms with Gasteiger partial charge >= 0.3 is 0 Å². The standard InChI is InChI=1S/C22H20N4OS/c1-15-7-8-19(16(2)11-15)26-20(12-18(25-26)21-6-4-10-28-21)22(27)24-14-17-5-3-9-23-13-17/h3-13H,14H2,1-2H3,(H,24,27). The predicted octanol–water partition coefficient (Wildman–Crippen LogP) is 4.54. The molecule has 0 saturated heterocycles. The number of nitrogens with one attached hydrogen (secondary N) is 1. The zero-order valence-electron chi connectivity index (χ0n) is 15.7. The number of thiophene rings is 1. The van der Waals surface area contributed by atoms with Gasteiger partial charge in [-0.3, -0.25) is 9.78 Å². The predicted molar refractivity (Wildman–Crippen MR) is 112 cm³/mol. The molecule has 4 rings (SSSR count). The van der Waals surface area contributed by atoms with E-state index in [1.165, 1.54) is 5.56 Å². The van der Waals surface area contributed by atoms with Gasteiger partial charge in [0, 0.05) is 18.9 Å². The van der Waals surface area contributed by atoms with Gasteiger partial charge in [0.1, 0.15) is 11.4 Å². The van der Waals surface area contributed by atoms with Crippen molar-refractivity contribution in [1.82, 2.24) is 20.1 Å². The lowest BCUT2D eigenvalue weighted by Gasteiger charge is -2.11. The first kappa shape index (κ1) is 18.1. The van der Waals surface area contributed by atoms with Crippen molar-refractivity contribution in [2.45, 2.75) is 20.4 Å². The molecule has 0 atom stereocenters. The van der Waals surface area contributed by atoms with E-state index in [0.29, 0.717) is 12.2 Å². The zero-order chi connectivity index (χ0) is 19.5. The number of carbonyl (C=O) groups is 1. The molecule has 28 heavy (non-hydrogen) atoms. The third-order valence-corrected chi connectivity index (χ3v) is 5.36. The van der Waals surface area contributed by atoms with Crippen molar-refractivity contribution in [2.75, 3.05) is 0 Å². The molecule has 3 heterocycles. The Morgan fingerprint density at radius 2 is 2.04 bits per heavy atom. The van der Waals surface area contributed by atoms with Crippen molar-refractivity contribution < 1.29 is 4.79 Å². The molecule has 0 aliphatic carbocycles. The number of rotatable bonds is 5. The highest BCUT2D eigenvalue weighted by atomic mass is 32.1. The molecule has 0 unspecified atom stereocenters. The second-order valence-corrected chi connectivity index (χ2v) is 7.59. The van der Waals surface area contributed by atoms with E-state index in [-0.39, 0.29) is 5.91 Å². The quantitative estimate of drug-likeness (QED) is 0.546. The second kappa shape index (κ2) is 7.78. The SMILES string of the molecule is Cc1ccc(-n2nc(-c3cccs3)cc2C(=O)NCc2cccnc2)c(C)c1. The van der Waals surface area contributed by atoms with Crippen LogP contribution in [0.15, 0.2) is 66.3 Å². The van der Waals surface area contributed by atoms with E-state index in [0.717, 1.165) is 27.4 Å². The number of carbonyl (C=O) groups excluding carboxylic acids is 1. The van der Waals surface area contributed by atoms with Crippen LogP contribution in [0.5, 0.6) is 0 Å². The summed E-state index contributed by atoms with van der Waals surface area (Å²) in [5, 5.41) is 9.73. The van der Waals surface area contributed by atoms with Gasteiger partial charge in [0.25, 0.3) is 5.91 Å². The minimum atomic E-state index is -0.167. The summed E-state index contributed by atoms with van der Waals surface area (Å²) < 4.78 is 1.74. The molecular weight excluding hydrogens is 368 g/mol. The Morgan fingerprint density at radius 1 is 1.14 bits per heavy atom. The van der Waals surface area contributed by atoms with Gasteiger partial charge < -0.3 is 5.32 Å². The van der Waals surface area contributed by atoms with E-state index in [4.69, 9.17) is 5.10 Å². The highest BCUT2D eigenvalue weighted by molar-refractivity contribution is 7.13. The number of hydrogen-bond donors (Lipinski definition) is 1. The Morgan fingerprint density at radius 3 is 2.75 bits per heavy atom. The number of nitrogens with zero attached hydrogens (tertiary/aromatic N) is 3. The summed E-state index contributed by atoms with van der Waals surface area (Å²) in [6.45, 7) is 4.50. The van der Waals surface area contributed by atoms with Gasteiger partial charge in [0.05, 0.1) is 10.6 Å². The second-order valence-electron chi connectivity index (χ2n) is 6.64. The fourth-order valence-electron chi connectivity index (χ4n) is 3.09. The van der Waals surface area contributed by atoms with Crippen LogP contribution in [0.1, 0.15) is 27.2 Å². The first-order valence-corrected chi connectivity index (χ1v) is 9.88. The maximum absolute atomic E-state index is 13.0. The zero-order valence-corrected chi connectivity index (χ0v) is 16.5. The lowest BCUT2D eigenvalue weighted by molar-refractivity contribution is 0.0943. The summed E-state index contributed by atoms with van der Waals surface area (Å²) in [7, 11) is 0. The van der Waals surface area contributed by atoms with Crippen molar-refractivity contribution in [1.29, 1.82) is 0 Å². The van der Waals surface area contributed by atoms with Crippen molar-refractivity contribution >= 4 is 17.2 Å². The van der Waals surface area contributed by atoms with Crippen molar-refractivity contribution in [3.05, 3.63) is 88.7 Å². The van der Waals surface area contributed by atoms with E-state index in [9.17, 15) is 4.79 Å². The Hall–Kier alpha value is -3.25. The van der Waals surface area contributed by atoms with Gasteiger partial charge in [0.2, 0.25) is 0 Å². The number of aryl methyl sites for hydroxylation is 2. The van der Waals surface area contributed by atoms with Crippen LogP contribution in [-0.4, -0.2) is 20.7 Å². The van der Waals surface area contributed by atoms with E-state index >= 15 is 0 Å². The number of amides is 1. The average Bonchev–Trinajstić information content (AvgIpc) is 3.37. The molecule has 1 aromatic carbocycles. The highest BCUT2D eigenvalue weighted by Gasteiger charge is 2.19. The average molecular weight is 388 g/mol. The van der Waals surface area contributed by atoms with E-state index in [1.54, 1.807) is 28.4 Å². The lowest BCUT2D eigenvalue weighted by atomic mass is 10.1. The highest BCUT2D eigenvalue weighted by Crippen LogP contribution is 2.27. The van der Waals surface area contributed by atoms with Crippen LogP contribution in [0.4, 0.5) is 0 Å². The number of pyridine rings is 1. The fourth-order valence-corrected chi connectivity index (χ4v) is 3.77.